The Morgan fingerprint density at radius 3 is 1.46 bits per heavy atom. The van der Waals surface area contributed by atoms with E-state index >= 15 is 8.78 Å². The molecule has 4 heterocycles. The number of nitrogens with zero attached hydrogens (tertiary/aromatic N) is 6. The molecule has 2 atom stereocenters. The fourth-order valence-electron chi connectivity index (χ4n) is 7.50. The summed E-state index contributed by atoms with van der Waals surface area (Å²) >= 11 is 0. The minimum Gasteiger partial charge on any atom is -0.461 e. The molecule has 0 amide bonds. The van der Waals surface area contributed by atoms with E-state index in [-0.39, 0.29) is 24.6 Å². The number of hydrogen-bond acceptors (Lipinski definition) is 8. The molecule has 0 radical (unpaired) electrons. The zero-order valence-electron chi connectivity index (χ0n) is 32.2. The second kappa shape index (κ2) is 16.2. The van der Waals surface area contributed by atoms with Gasteiger partial charge in [0.2, 0.25) is 0 Å². The number of rotatable bonds is 10. The topological polar surface area (TPSA) is 113 Å². The summed E-state index contributed by atoms with van der Waals surface area (Å²) < 4.78 is 45.0. The van der Waals surface area contributed by atoms with Crippen molar-refractivity contribution in [2.24, 2.45) is 9.98 Å². The minimum atomic E-state index is -0.615. The van der Waals surface area contributed by atoms with E-state index in [1.165, 1.54) is 24.8 Å². The lowest BCUT2D eigenvalue weighted by Crippen LogP contribution is -2.13. The molecule has 0 unspecified atom stereocenters. The van der Waals surface area contributed by atoms with Crippen LogP contribution >= 0.6 is 0 Å². The third-order valence-corrected chi connectivity index (χ3v) is 10.3. The molecule has 0 aliphatic carbocycles. The summed E-state index contributed by atoms with van der Waals surface area (Å²) in [6.45, 7) is 3.84. The predicted molar refractivity (Wildman–Crippen MR) is 218 cm³/mol. The van der Waals surface area contributed by atoms with Crippen molar-refractivity contribution in [3.05, 3.63) is 165 Å². The standard InChI is InChI=1S/C47H36F2N6O4/c1-5-30-18-20-38-34(24-30)40(32-14-8-10-16-36(32)48)52-28(3)44-42(50-26-54(38)44)46(56)58-22-12-7-13-23-59-47(57)43-45-29(4)53-41(33-15-9-11-17-37(33)49)35-25-31(6-2)19-21-39(35)55(45)27-51-43/h1-2,8-11,14-21,24-29H,7,12-13,22-23H2,3-4H3/t28-,29-/m0/s1. The van der Waals surface area contributed by atoms with Crippen molar-refractivity contribution in [3.8, 4) is 36.1 Å². The van der Waals surface area contributed by atoms with E-state index in [9.17, 15) is 9.59 Å². The maximum absolute atomic E-state index is 15.1. The van der Waals surface area contributed by atoms with Gasteiger partial charge < -0.3 is 9.47 Å². The average molecular weight is 787 g/mol. The van der Waals surface area contributed by atoms with Crippen molar-refractivity contribution in [3.63, 3.8) is 0 Å². The van der Waals surface area contributed by atoms with E-state index in [0.717, 1.165) is 0 Å². The summed E-state index contributed by atoms with van der Waals surface area (Å²) in [4.78, 5) is 45.4. The average Bonchev–Trinajstić information content (AvgIpc) is 3.85. The van der Waals surface area contributed by atoms with Crippen LogP contribution < -0.4 is 0 Å². The van der Waals surface area contributed by atoms with Crippen molar-refractivity contribution in [1.29, 1.82) is 0 Å². The van der Waals surface area contributed by atoms with Crippen LogP contribution in [-0.2, 0) is 9.47 Å². The molecule has 0 saturated heterocycles. The number of fused-ring (bicyclic) bond motifs is 6. The monoisotopic (exact) mass is 786 g/mol. The van der Waals surface area contributed by atoms with Crippen LogP contribution in [0.2, 0.25) is 0 Å². The molecule has 2 aliphatic rings. The summed E-state index contributed by atoms with van der Waals surface area (Å²) in [5, 5.41) is 0. The summed E-state index contributed by atoms with van der Waals surface area (Å²) in [6, 6.07) is 22.3. The molecule has 6 aromatic rings. The summed E-state index contributed by atoms with van der Waals surface area (Å²) in [7, 11) is 0. The molecule has 0 spiro atoms. The number of carbonyl (C=O) groups excluding carboxylic acids is 2. The zero-order valence-corrected chi connectivity index (χ0v) is 32.2. The van der Waals surface area contributed by atoms with Crippen LogP contribution in [-0.4, -0.2) is 55.7 Å². The van der Waals surface area contributed by atoms with Gasteiger partial charge in [0.15, 0.2) is 11.4 Å². The van der Waals surface area contributed by atoms with E-state index in [1.54, 1.807) is 69.8 Å². The molecule has 0 N–H and O–H groups in total. The summed E-state index contributed by atoms with van der Waals surface area (Å²) in [6.07, 6.45) is 16.1. The molecular formula is C47H36F2N6O4. The highest BCUT2D eigenvalue weighted by molar-refractivity contribution is 6.16. The van der Waals surface area contributed by atoms with E-state index in [0.29, 0.717) is 86.8 Å². The van der Waals surface area contributed by atoms with Crippen LogP contribution in [0.25, 0.3) is 11.4 Å². The lowest BCUT2D eigenvalue weighted by atomic mass is 9.98. The van der Waals surface area contributed by atoms with Crippen LogP contribution in [0.15, 0.2) is 108 Å². The first-order valence-electron chi connectivity index (χ1n) is 19.1. The molecule has 12 heteroatoms. The number of carbonyl (C=O) groups is 2. The number of halogens is 2. The molecule has 59 heavy (non-hydrogen) atoms. The van der Waals surface area contributed by atoms with Crippen molar-refractivity contribution in [2.45, 2.75) is 45.2 Å². The molecule has 8 rings (SSSR count). The second-order valence-corrected chi connectivity index (χ2v) is 14.0. The van der Waals surface area contributed by atoms with E-state index in [4.69, 9.17) is 32.3 Å². The maximum atomic E-state index is 15.1. The molecular weight excluding hydrogens is 751 g/mol. The van der Waals surface area contributed by atoms with Crippen LogP contribution in [0.3, 0.4) is 0 Å². The summed E-state index contributed by atoms with van der Waals surface area (Å²) in [5.74, 6) is 3.16. The molecule has 0 fully saturated rings. The molecule has 2 aromatic heterocycles. The van der Waals surface area contributed by atoms with E-state index in [1.807, 2.05) is 26.0 Å². The van der Waals surface area contributed by atoms with Crippen LogP contribution in [0.1, 0.15) is 111 Å². The van der Waals surface area contributed by atoms with Crippen molar-refractivity contribution >= 4 is 23.4 Å². The Morgan fingerprint density at radius 2 is 1.05 bits per heavy atom. The lowest BCUT2D eigenvalue weighted by molar-refractivity contribution is 0.0469. The molecule has 2 aliphatic heterocycles. The number of esters is 2. The molecule has 292 valence electrons. The highest BCUT2D eigenvalue weighted by Crippen LogP contribution is 2.35. The SMILES string of the molecule is C#Cc1ccc2c(c1)C(c1ccccc1F)=N[C@@H](C)c1c(C(=O)OCCCCCOC(=O)c3ncn4c3[C@H](C)N=C(c3ccccc3F)c3cc(C#C)ccc3-4)ncn1-2. The number of terminal acetylenes is 2. The smallest absolute Gasteiger partial charge is 0.358 e. The van der Waals surface area contributed by atoms with Gasteiger partial charge in [-0.1, -0.05) is 36.1 Å². The highest BCUT2D eigenvalue weighted by atomic mass is 19.1. The summed E-state index contributed by atoms with van der Waals surface area (Å²) in [5.41, 5.74) is 6.39. The fraction of sp³-hybridized carbons (Fsp3) is 0.191. The third kappa shape index (κ3) is 7.21. The number of hydrogen-bond donors (Lipinski definition) is 0. The minimum absolute atomic E-state index is 0.106. The second-order valence-electron chi connectivity index (χ2n) is 14.0. The van der Waals surface area contributed by atoms with E-state index < -0.39 is 35.7 Å². The first-order chi connectivity index (χ1) is 28.7. The van der Waals surface area contributed by atoms with Gasteiger partial charge in [0, 0.05) is 33.4 Å². The Hall–Kier alpha value is -7.44. The number of unbranched alkanes of at least 4 members (excludes halogenated alkanes) is 2. The Balaban J connectivity index is 0.909. The Kier molecular flexibility index (Phi) is 10.6. The van der Waals surface area contributed by atoms with Crippen LogP contribution in [0.4, 0.5) is 8.78 Å². The normalized spacial score (nSPS) is 15.1. The van der Waals surface area contributed by atoms with Gasteiger partial charge >= 0.3 is 11.9 Å². The largest absolute Gasteiger partial charge is 0.461 e. The molecule has 0 bridgehead atoms. The lowest BCUT2D eigenvalue weighted by Gasteiger charge is -2.13. The highest BCUT2D eigenvalue weighted by Gasteiger charge is 2.32. The van der Waals surface area contributed by atoms with Gasteiger partial charge in [-0.25, -0.2) is 28.3 Å². The van der Waals surface area contributed by atoms with Crippen molar-refractivity contribution in [1.82, 2.24) is 19.1 Å². The van der Waals surface area contributed by atoms with Crippen LogP contribution in [0, 0.1) is 36.3 Å². The van der Waals surface area contributed by atoms with Gasteiger partial charge in [0.1, 0.15) is 24.3 Å². The maximum Gasteiger partial charge on any atom is 0.358 e. The number of aromatic nitrogens is 4. The predicted octanol–water partition coefficient (Wildman–Crippen LogP) is 8.31. The van der Waals surface area contributed by atoms with Crippen molar-refractivity contribution in [2.75, 3.05) is 13.2 Å². The first kappa shape index (κ1) is 38.4. The first-order valence-corrected chi connectivity index (χ1v) is 19.1. The van der Waals surface area contributed by atoms with Crippen molar-refractivity contribution < 1.29 is 27.8 Å². The number of ether oxygens (including phenoxy) is 2. The number of aliphatic imine (C=N–C) groups is 2. The quantitative estimate of drug-likeness (QED) is 0.0785. The fourth-order valence-corrected chi connectivity index (χ4v) is 7.50. The molecule has 10 nitrogen and oxygen atoms in total. The Morgan fingerprint density at radius 1 is 0.627 bits per heavy atom. The molecule has 4 aromatic carbocycles. The van der Waals surface area contributed by atoms with E-state index in [2.05, 4.69) is 21.8 Å². The number of imidazole rings is 2. The Bertz CT molecular complexity index is 2610. The Labute approximate surface area is 339 Å². The van der Waals surface area contributed by atoms with Crippen LogP contribution in [0.5, 0.6) is 0 Å². The van der Waals surface area contributed by atoms with Gasteiger partial charge in [0.05, 0.1) is 59.5 Å². The van der Waals surface area contributed by atoms with Gasteiger partial charge in [-0.15, -0.1) is 12.8 Å². The van der Waals surface area contributed by atoms with Gasteiger partial charge in [-0.05, 0) is 93.8 Å². The molecule has 0 saturated carbocycles. The number of benzene rings is 4. The van der Waals surface area contributed by atoms with Gasteiger partial charge in [0.25, 0.3) is 0 Å². The van der Waals surface area contributed by atoms with Gasteiger partial charge in [-0.2, -0.15) is 0 Å². The zero-order chi connectivity index (χ0) is 41.2. The third-order valence-electron chi connectivity index (χ3n) is 10.3. The van der Waals surface area contributed by atoms with Gasteiger partial charge in [-0.3, -0.25) is 19.1 Å².